The van der Waals surface area contributed by atoms with Crippen LogP contribution in [0.4, 0.5) is 0 Å². The summed E-state index contributed by atoms with van der Waals surface area (Å²) in [6.45, 7) is 6.42. The van der Waals surface area contributed by atoms with Crippen molar-refractivity contribution in [2.24, 2.45) is 0 Å². The van der Waals surface area contributed by atoms with Gasteiger partial charge in [0.05, 0.1) is 0 Å². The lowest BCUT2D eigenvalue weighted by Gasteiger charge is -2.18. The Labute approximate surface area is 371 Å². The zero-order valence-electron chi connectivity index (χ0n) is 39.7. The maximum atomic E-state index is 12.6. The molecule has 0 aromatic carbocycles. The molecule has 0 rings (SSSR count). The Morgan fingerprint density at radius 3 is 1.02 bits per heavy atom. The third kappa shape index (κ3) is 46.4. The number of carbonyl (C=O) groups is 3. The van der Waals surface area contributed by atoms with Gasteiger partial charge in [-0.2, -0.15) is 0 Å². The van der Waals surface area contributed by atoms with Gasteiger partial charge in [-0.3, -0.25) is 14.4 Å². The van der Waals surface area contributed by atoms with Crippen LogP contribution in [0.5, 0.6) is 0 Å². The van der Waals surface area contributed by atoms with Crippen LogP contribution < -0.4 is 0 Å². The average molecular weight is 841 g/mol. The molecule has 0 spiro atoms. The van der Waals surface area contributed by atoms with Gasteiger partial charge in [-0.1, -0.05) is 230 Å². The van der Waals surface area contributed by atoms with E-state index in [1.165, 1.54) is 128 Å². The summed E-state index contributed by atoms with van der Waals surface area (Å²) in [4.78, 5) is 37.4. The van der Waals surface area contributed by atoms with E-state index in [1.54, 1.807) is 0 Å². The fourth-order valence-corrected chi connectivity index (χ4v) is 7.26. The highest BCUT2D eigenvalue weighted by Gasteiger charge is 2.19. The number of rotatable bonds is 46. The number of carbonyl (C=O) groups excluding carboxylic acids is 3. The number of allylic oxidation sites excluding steroid dienone is 8. The van der Waals surface area contributed by atoms with Crippen LogP contribution in [-0.2, 0) is 28.6 Å². The Kier molecular flexibility index (Phi) is 46.9. The highest BCUT2D eigenvalue weighted by Crippen LogP contribution is 2.16. The fraction of sp³-hybridized carbons (Fsp3) is 0.796. The van der Waals surface area contributed by atoms with Crippen LogP contribution >= 0.6 is 0 Å². The molecule has 0 N–H and O–H groups in total. The van der Waals surface area contributed by atoms with Crippen molar-refractivity contribution < 1.29 is 28.6 Å². The summed E-state index contributed by atoms with van der Waals surface area (Å²) >= 11 is 0. The van der Waals surface area contributed by atoms with E-state index in [9.17, 15) is 14.4 Å². The van der Waals surface area contributed by atoms with Crippen molar-refractivity contribution >= 4 is 17.9 Å². The molecule has 0 aliphatic carbocycles. The third-order valence-corrected chi connectivity index (χ3v) is 11.1. The summed E-state index contributed by atoms with van der Waals surface area (Å²) < 4.78 is 16.6. The molecule has 0 amide bonds. The number of ether oxygens (including phenoxy) is 3. The second-order valence-corrected chi connectivity index (χ2v) is 17.1. The number of hydrogen-bond donors (Lipinski definition) is 0. The van der Waals surface area contributed by atoms with E-state index < -0.39 is 6.10 Å². The van der Waals surface area contributed by atoms with E-state index in [1.807, 2.05) is 0 Å². The first-order chi connectivity index (χ1) is 29.5. The Hall–Kier alpha value is -2.63. The third-order valence-electron chi connectivity index (χ3n) is 11.1. The van der Waals surface area contributed by atoms with Crippen molar-refractivity contribution in [3.63, 3.8) is 0 Å². The van der Waals surface area contributed by atoms with Crippen molar-refractivity contribution in [3.8, 4) is 0 Å². The largest absolute Gasteiger partial charge is 0.462 e. The standard InChI is InChI=1S/C54H96O6/c1-4-7-10-13-15-17-18-19-20-21-22-23-24-25-26-27-28-29-30-31-32-33-34-35-36-37-39-41-44-47-53(56)59-50-51(49-58-52(55)46-43-40-12-9-6-3)60-54(57)48-45-42-38-16-14-11-8-5-2/h7,10,15,17,19-20,22-23,51H,4-6,8-9,11-14,16,18,21,24-50H2,1-3H3/b10-7-,17-15-,20-19-,23-22-. The van der Waals surface area contributed by atoms with Crippen LogP contribution in [0.1, 0.15) is 258 Å². The summed E-state index contributed by atoms with van der Waals surface area (Å²) in [6.07, 6.45) is 58.8. The molecule has 60 heavy (non-hydrogen) atoms. The first-order valence-corrected chi connectivity index (χ1v) is 25.6. The summed E-state index contributed by atoms with van der Waals surface area (Å²) in [5.74, 6) is -0.883. The van der Waals surface area contributed by atoms with Crippen LogP contribution in [0.3, 0.4) is 0 Å². The maximum absolute atomic E-state index is 12.6. The van der Waals surface area contributed by atoms with Crippen molar-refractivity contribution in [3.05, 3.63) is 48.6 Å². The fourth-order valence-electron chi connectivity index (χ4n) is 7.26. The molecule has 348 valence electrons. The number of unbranched alkanes of at least 4 members (excludes halogenated alkanes) is 27. The Morgan fingerprint density at radius 2 is 0.650 bits per heavy atom. The van der Waals surface area contributed by atoms with Crippen LogP contribution in [0, 0.1) is 0 Å². The number of esters is 3. The molecule has 1 atom stereocenters. The number of hydrogen-bond acceptors (Lipinski definition) is 6. The van der Waals surface area contributed by atoms with Gasteiger partial charge in [-0.15, -0.1) is 0 Å². The smallest absolute Gasteiger partial charge is 0.306 e. The van der Waals surface area contributed by atoms with Gasteiger partial charge in [0.15, 0.2) is 6.10 Å². The topological polar surface area (TPSA) is 78.9 Å². The van der Waals surface area contributed by atoms with Crippen molar-refractivity contribution in [1.82, 2.24) is 0 Å². The van der Waals surface area contributed by atoms with Crippen molar-refractivity contribution in [1.29, 1.82) is 0 Å². The molecule has 0 heterocycles. The second kappa shape index (κ2) is 49.0. The highest BCUT2D eigenvalue weighted by molar-refractivity contribution is 5.71. The molecule has 0 saturated carbocycles. The first kappa shape index (κ1) is 57.4. The molecular weight excluding hydrogens is 745 g/mol. The maximum Gasteiger partial charge on any atom is 0.306 e. The molecular formula is C54H96O6. The molecule has 0 saturated heterocycles. The predicted molar refractivity (Wildman–Crippen MR) is 256 cm³/mol. The molecule has 0 radical (unpaired) electrons. The predicted octanol–water partition coefficient (Wildman–Crippen LogP) is 16.7. The van der Waals surface area contributed by atoms with Crippen molar-refractivity contribution in [2.45, 2.75) is 264 Å². The molecule has 1 unspecified atom stereocenters. The van der Waals surface area contributed by atoms with Crippen LogP contribution in [0.2, 0.25) is 0 Å². The lowest BCUT2D eigenvalue weighted by molar-refractivity contribution is -0.167. The highest BCUT2D eigenvalue weighted by atomic mass is 16.6. The lowest BCUT2D eigenvalue weighted by Crippen LogP contribution is -2.30. The summed E-state index contributed by atoms with van der Waals surface area (Å²) in [5, 5.41) is 0. The minimum absolute atomic E-state index is 0.0699. The molecule has 6 nitrogen and oxygen atoms in total. The van der Waals surface area contributed by atoms with E-state index in [4.69, 9.17) is 14.2 Å². The quantitative estimate of drug-likeness (QED) is 0.0263. The van der Waals surface area contributed by atoms with Gasteiger partial charge in [-0.05, 0) is 57.8 Å². The molecule has 6 heteroatoms. The van der Waals surface area contributed by atoms with Crippen molar-refractivity contribution in [2.75, 3.05) is 13.2 Å². The van der Waals surface area contributed by atoms with E-state index in [0.717, 1.165) is 89.9 Å². The zero-order valence-corrected chi connectivity index (χ0v) is 39.7. The van der Waals surface area contributed by atoms with Gasteiger partial charge in [0.2, 0.25) is 0 Å². The van der Waals surface area contributed by atoms with E-state index >= 15 is 0 Å². The van der Waals surface area contributed by atoms with Gasteiger partial charge in [0, 0.05) is 19.3 Å². The van der Waals surface area contributed by atoms with Gasteiger partial charge in [0.1, 0.15) is 13.2 Å². The molecule has 0 bridgehead atoms. The summed E-state index contributed by atoms with van der Waals surface area (Å²) in [7, 11) is 0. The molecule has 0 fully saturated rings. The second-order valence-electron chi connectivity index (χ2n) is 17.1. The van der Waals surface area contributed by atoms with Crippen LogP contribution in [-0.4, -0.2) is 37.2 Å². The molecule has 0 aromatic rings. The van der Waals surface area contributed by atoms with Crippen LogP contribution in [0.15, 0.2) is 48.6 Å². The Bertz CT molecular complexity index is 1060. The Morgan fingerprint density at radius 1 is 0.350 bits per heavy atom. The SMILES string of the molecule is CC/C=C\C/C=C\C/C=C\C/C=C\CCCCCCCCCCCCCCCCCCC(=O)OCC(COC(=O)CCCCCCC)OC(=O)CCCCCCCCCC. The van der Waals surface area contributed by atoms with E-state index in [0.29, 0.717) is 19.3 Å². The Balaban J connectivity index is 3.89. The summed E-state index contributed by atoms with van der Waals surface area (Å²) in [5.41, 5.74) is 0. The molecule has 0 aliphatic heterocycles. The molecule has 0 aromatic heterocycles. The van der Waals surface area contributed by atoms with Gasteiger partial charge in [0.25, 0.3) is 0 Å². The molecule has 0 aliphatic rings. The normalized spacial score (nSPS) is 12.4. The van der Waals surface area contributed by atoms with Crippen LogP contribution in [0.25, 0.3) is 0 Å². The van der Waals surface area contributed by atoms with E-state index in [2.05, 4.69) is 69.4 Å². The monoisotopic (exact) mass is 841 g/mol. The zero-order chi connectivity index (χ0) is 43.7. The first-order valence-electron chi connectivity index (χ1n) is 25.6. The van der Waals surface area contributed by atoms with E-state index in [-0.39, 0.29) is 31.1 Å². The lowest BCUT2D eigenvalue weighted by atomic mass is 10.0. The minimum Gasteiger partial charge on any atom is -0.462 e. The van der Waals surface area contributed by atoms with Gasteiger partial charge in [-0.25, -0.2) is 0 Å². The van der Waals surface area contributed by atoms with Gasteiger partial charge >= 0.3 is 17.9 Å². The minimum atomic E-state index is -0.762. The average Bonchev–Trinajstić information content (AvgIpc) is 3.24. The van der Waals surface area contributed by atoms with Gasteiger partial charge < -0.3 is 14.2 Å². The summed E-state index contributed by atoms with van der Waals surface area (Å²) in [6, 6.07) is 0.